The molecule has 1 fully saturated rings. The molecule has 9 heteroatoms. The van der Waals surface area contributed by atoms with Gasteiger partial charge in [0, 0.05) is 24.0 Å². The van der Waals surface area contributed by atoms with E-state index in [2.05, 4.69) is 37.0 Å². The van der Waals surface area contributed by atoms with Crippen molar-refractivity contribution in [1.82, 2.24) is 0 Å². The van der Waals surface area contributed by atoms with Crippen LogP contribution in [0.15, 0.2) is 26.2 Å². The zero-order valence-electron chi connectivity index (χ0n) is 10.9. The second-order valence-electron chi connectivity index (χ2n) is 5.05. The lowest BCUT2D eigenvalue weighted by Crippen LogP contribution is -2.22. The lowest BCUT2D eigenvalue weighted by atomic mass is 10.0. The van der Waals surface area contributed by atoms with E-state index in [1.807, 2.05) is 0 Å². The molecule has 2 rings (SSSR count). The normalized spacial score (nSPS) is 16.6. The number of nitrogens with zero attached hydrogens (tertiary/aromatic N) is 2. The van der Waals surface area contributed by atoms with Gasteiger partial charge in [-0.2, -0.15) is 0 Å². The smallest absolute Gasteiger partial charge is 0.271 e. The summed E-state index contributed by atoms with van der Waals surface area (Å²) in [6.07, 6.45) is 2.34. The predicted octanol–water partition coefficient (Wildman–Crippen LogP) is 3.42. The first-order valence-electron chi connectivity index (χ1n) is 6.09. The van der Waals surface area contributed by atoms with E-state index in [4.69, 9.17) is 15.7 Å². The van der Waals surface area contributed by atoms with Crippen molar-refractivity contribution in [2.24, 2.45) is 16.3 Å². The third-order valence-electron chi connectivity index (χ3n) is 3.36. The van der Waals surface area contributed by atoms with E-state index in [9.17, 15) is 10.1 Å². The summed E-state index contributed by atoms with van der Waals surface area (Å²) in [4.78, 5) is 10.3. The first-order valence-corrected chi connectivity index (χ1v) is 7.68. The number of nitro benzene ring substituents is 1. The van der Waals surface area contributed by atoms with Crippen LogP contribution in [0.25, 0.3) is 0 Å². The Morgan fingerprint density at radius 2 is 2.05 bits per heavy atom. The fourth-order valence-electron chi connectivity index (χ4n) is 1.98. The molecule has 114 valence electrons. The average Bonchev–Trinajstić information content (AvgIpc) is 3.17. The number of non-ortho nitro benzene ring substituents is 1. The first kappa shape index (κ1) is 16.0. The van der Waals surface area contributed by atoms with E-state index in [1.54, 1.807) is 0 Å². The highest BCUT2D eigenvalue weighted by molar-refractivity contribution is 9.11. The molecule has 1 aliphatic carbocycles. The molecule has 0 atom stereocenters. The lowest BCUT2D eigenvalue weighted by molar-refractivity contribution is -0.385. The van der Waals surface area contributed by atoms with Crippen LogP contribution in [0.2, 0.25) is 0 Å². The van der Waals surface area contributed by atoms with Crippen LogP contribution in [0.4, 0.5) is 5.69 Å². The van der Waals surface area contributed by atoms with E-state index < -0.39 is 4.92 Å². The van der Waals surface area contributed by atoms with Gasteiger partial charge in [0.2, 0.25) is 0 Å². The van der Waals surface area contributed by atoms with Crippen molar-refractivity contribution < 1.29 is 14.9 Å². The molecule has 0 bridgehead atoms. The highest BCUT2D eigenvalue weighted by atomic mass is 79.9. The van der Waals surface area contributed by atoms with Gasteiger partial charge in [0.15, 0.2) is 0 Å². The van der Waals surface area contributed by atoms with Gasteiger partial charge in [0.1, 0.15) is 11.6 Å². The number of oxime groups is 1. The minimum atomic E-state index is -0.472. The van der Waals surface area contributed by atoms with Gasteiger partial charge < -0.3 is 15.7 Å². The molecule has 0 radical (unpaired) electrons. The Balaban J connectivity index is 2.09. The zero-order valence-corrected chi connectivity index (χ0v) is 14.1. The van der Waals surface area contributed by atoms with Crippen LogP contribution in [-0.2, 0) is 0 Å². The number of rotatable bonds is 6. The molecular weight excluding hydrogens is 410 g/mol. The Labute approximate surface area is 137 Å². The largest absolute Gasteiger partial charge is 0.491 e. The van der Waals surface area contributed by atoms with Crippen molar-refractivity contribution >= 4 is 43.4 Å². The summed E-state index contributed by atoms with van der Waals surface area (Å²) in [5, 5.41) is 22.4. The third-order valence-corrected chi connectivity index (χ3v) is 4.54. The predicted molar refractivity (Wildman–Crippen MR) is 83.7 cm³/mol. The molecule has 0 spiro atoms. The molecule has 1 saturated carbocycles. The van der Waals surface area contributed by atoms with Crippen molar-refractivity contribution in [3.8, 4) is 5.75 Å². The summed E-state index contributed by atoms with van der Waals surface area (Å²) in [5.74, 6) is 0.685. The average molecular weight is 423 g/mol. The van der Waals surface area contributed by atoms with Crippen LogP contribution < -0.4 is 10.5 Å². The maximum Gasteiger partial charge on any atom is 0.271 e. The quantitative estimate of drug-likeness (QED) is 0.240. The van der Waals surface area contributed by atoms with Crippen LogP contribution in [-0.4, -0.2) is 22.6 Å². The standard InChI is InChI=1S/C12H13Br2N3O4/c13-8-3-7(17(19)20)4-9(14)11(8)21-6-12(1-2-12)5-10(15)16-18/h3-4,18H,1-2,5-6H2,(H2,15,16). The number of nitrogens with two attached hydrogens (primary N) is 1. The van der Waals surface area contributed by atoms with E-state index >= 15 is 0 Å². The monoisotopic (exact) mass is 421 g/mol. The highest BCUT2D eigenvalue weighted by Gasteiger charge is 2.44. The molecule has 21 heavy (non-hydrogen) atoms. The van der Waals surface area contributed by atoms with Crippen LogP contribution in [0.1, 0.15) is 19.3 Å². The minimum Gasteiger partial charge on any atom is -0.491 e. The van der Waals surface area contributed by atoms with Gasteiger partial charge in [0.05, 0.1) is 20.5 Å². The van der Waals surface area contributed by atoms with E-state index in [0.29, 0.717) is 27.7 Å². The number of halogens is 2. The van der Waals surface area contributed by atoms with Crippen LogP contribution >= 0.6 is 31.9 Å². The molecule has 0 amide bonds. The Kier molecular flexibility index (Phi) is 4.72. The van der Waals surface area contributed by atoms with Crippen molar-refractivity contribution in [1.29, 1.82) is 0 Å². The fourth-order valence-corrected chi connectivity index (χ4v) is 3.37. The summed E-state index contributed by atoms with van der Waals surface area (Å²) in [6.45, 7) is 0.401. The number of amidine groups is 1. The van der Waals surface area contributed by atoms with Gasteiger partial charge in [0.25, 0.3) is 5.69 Å². The van der Waals surface area contributed by atoms with Crippen molar-refractivity contribution in [2.45, 2.75) is 19.3 Å². The maximum atomic E-state index is 10.8. The molecule has 1 aliphatic rings. The molecule has 1 aromatic carbocycles. The number of nitro groups is 1. The lowest BCUT2D eigenvalue weighted by Gasteiger charge is -2.17. The van der Waals surface area contributed by atoms with Crippen molar-refractivity contribution in [2.75, 3.05) is 6.61 Å². The fraction of sp³-hybridized carbons (Fsp3) is 0.417. The molecule has 0 aliphatic heterocycles. The van der Waals surface area contributed by atoms with Crippen LogP contribution in [0, 0.1) is 15.5 Å². The number of hydrogen-bond donors (Lipinski definition) is 2. The van der Waals surface area contributed by atoms with E-state index in [-0.39, 0.29) is 16.9 Å². The third kappa shape index (κ3) is 3.85. The van der Waals surface area contributed by atoms with Gasteiger partial charge in [-0.3, -0.25) is 10.1 Å². The summed E-state index contributed by atoms with van der Waals surface area (Å²) >= 11 is 6.54. The van der Waals surface area contributed by atoms with Gasteiger partial charge in [-0.25, -0.2) is 0 Å². The minimum absolute atomic E-state index is 0.0288. The maximum absolute atomic E-state index is 10.8. The SMILES string of the molecule is NC(CC1(COc2c(Br)cc([N+](=O)[O-])cc2Br)CC1)=NO. The highest BCUT2D eigenvalue weighted by Crippen LogP contribution is 2.50. The Hall–Kier alpha value is -1.35. The number of benzene rings is 1. The summed E-state index contributed by atoms with van der Waals surface area (Å²) < 4.78 is 6.77. The molecule has 0 saturated heterocycles. The molecular formula is C12H13Br2N3O4. The Morgan fingerprint density at radius 3 is 2.48 bits per heavy atom. The zero-order chi connectivity index (χ0) is 15.6. The summed E-state index contributed by atoms with van der Waals surface area (Å²) in [7, 11) is 0. The van der Waals surface area contributed by atoms with Crippen LogP contribution in [0.5, 0.6) is 5.75 Å². The Morgan fingerprint density at radius 1 is 1.48 bits per heavy atom. The number of ether oxygens (including phenoxy) is 1. The molecule has 0 aromatic heterocycles. The summed E-state index contributed by atoms with van der Waals surface area (Å²) in [6, 6.07) is 2.78. The van der Waals surface area contributed by atoms with Crippen molar-refractivity contribution in [3.05, 3.63) is 31.2 Å². The van der Waals surface area contributed by atoms with Crippen LogP contribution in [0.3, 0.4) is 0 Å². The molecule has 7 nitrogen and oxygen atoms in total. The molecule has 0 unspecified atom stereocenters. The summed E-state index contributed by atoms with van der Waals surface area (Å²) in [5.41, 5.74) is 5.39. The second-order valence-corrected chi connectivity index (χ2v) is 6.76. The topological polar surface area (TPSA) is 111 Å². The van der Waals surface area contributed by atoms with E-state index in [1.165, 1.54) is 12.1 Å². The van der Waals surface area contributed by atoms with Gasteiger partial charge in [-0.1, -0.05) is 5.16 Å². The molecule has 0 heterocycles. The first-order chi connectivity index (χ1) is 9.87. The molecule has 3 N–H and O–H groups in total. The second kappa shape index (κ2) is 6.18. The van der Waals surface area contributed by atoms with Gasteiger partial charge in [-0.15, -0.1) is 0 Å². The molecule has 1 aromatic rings. The Bertz CT molecular complexity index is 579. The van der Waals surface area contributed by atoms with Gasteiger partial charge >= 0.3 is 0 Å². The van der Waals surface area contributed by atoms with Gasteiger partial charge in [-0.05, 0) is 44.7 Å². The number of hydrogen-bond acceptors (Lipinski definition) is 5. The van der Waals surface area contributed by atoms with E-state index in [0.717, 1.165) is 12.8 Å². The van der Waals surface area contributed by atoms with Crippen molar-refractivity contribution in [3.63, 3.8) is 0 Å².